The summed E-state index contributed by atoms with van der Waals surface area (Å²) in [5.74, 6) is -0.525. The van der Waals surface area contributed by atoms with Gasteiger partial charge in [0.25, 0.3) is 0 Å². The van der Waals surface area contributed by atoms with E-state index in [2.05, 4.69) is 4.98 Å². The first kappa shape index (κ1) is 12.4. The Bertz CT molecular complexity index is 606. The number of carbonyl (C=O) groups is 1. The predicted octanol–water partition coefficient (Wildman–Crippen LogP) is 3.13. The lowest BCUT2D eigenvalue weighted by Gasteiger charge is -2.38. The summed E-state index contributed by atoms with van der Waals surface area (Å²) < 4.78 is 10.8. The standard InChI is InChI=1S/C13H13NO4S/c1-17-13(3-2-4-13)12-14-9(7-19-12)10-5-8(6-18-10)11(15)16/h5-7H,2-4H2,1H3,(H,15,16). The summed E-state index contributed by atoms with van der Waals surface area (Å²) in [5, 5.41) is 11.7. The van der Waals surface area contributed by atoms with Crippen LogP contribution in [0.5, 0.6) is 0 Å². The first-order chi connectivity index (χ1) is 9.14. The van der Waals surface area contributed by atoms with Crippen molar-refractivity contribution in [2.75, 3.05) is 7.11 Å². The second-order valence-corrected chi connectivity index (χ2v) is 5.45. The molecule has 19 heavy (non-hydrogen) atoms. The van der Waals surface area contributed by atoms with E-state index >= 15 is 0 Å². The van der Waals surface area contributed by atoms with Crippen LogP contribution in [0.1, 0.15) is 34.6 Å². The van der Waals surface area contributed by atoms with Crippen LogP contribution in [0.15, 0.2) is 22.1 Å². The topological polar surface area (TPSA) is 72.6 Å². The van der Waals surface area contributed by atoms with E-state index in [9.17, 15) is 4.79 Å². The largest absolute Gasteiger partial charge is 0.478 e. The van der Waals surface area contributed by atoms with Crippen molar-refractivity contribution in [3.05, 3.63) is 28.3 Å². The van der Waals surface area contributed by atoms with Crippen molar-refractivity contribution in [3.63, 3.8) is 0 Å². The van der Waals surface area contributed by atoms with E-state index in [-0.39, 0.29) is 11.2 Å². The fraction of sp³-hybridized carbons (Fsp3) is 0.385. The van der Waals surface area contributed by atoms with Crippen molar-refractivity contribution in [2.24, 2.45) is 0 Å². The average Bonchev–Trinajstić information content (AvgIpc) is 2.96. The number of carboxylic acids is 1. The molecule has 0 aromatic carbocycles. The van der Waals surface area contributed by atoms with Gasteiger partial charge in [-0.1, -0.05) is 0 Å². The molecule has 0 aliphatic heterocycles. The number of furan rings is 1. The number of aromatic carboxylic acids is 1. The van der Waals surface area contributed by atoms with Crippen LogP contribution in [0.2, 0.25) is 0 Å². The lowest BCUT2D eigenvalue weighted by Crippen LogP contribution is -2.35. The maximum absolute atomic E-state index is 10.8. The van der Waals surface area contributed by atoms with Crippen LogP contribution in [0, 0.1) is 0 Å². The molecule has 2 aromatic heterocycles. The molecule has 5 nitrogen and oxygen atoms in total. The molecule has 0 saturated heterocycles. The molecule has 2 heterocycles. The molecule has 3 rings (SSSR count). The van der Waals surface area contributed by atoms with E-state index in [1.807, 2.05) is 5.38 Å². The van der Waals surface area contributed by atoms with Gasteiger partial charge >= 0.3 is 5.97 Å². The number of methoxy groups -OCH3 is 1. The third kappa shape index (κ3) is 1.97. The first-order valence-electron chi connectivity index (χ1n) is 5.98. The van der Waals surface area contributed by atoms with E-state index in [4.69, 9.17) is 14.3 Å². The summed E-state index contributed by atoms with van der Waals surface area (Å²) in [6.45, 7) is 0. The second kappa shape index (κ2) is 4.47. The van der Waals surface area contributed by atoms with Crippen LogP contribution < -0.4 is 0 Å². The maximum atomic E-state index is 10.8. The molecule has 0 amide bonds. The number of aromatic nitrogens is 1. The van der Waals surface area contributed by atoms with Gasteiger partial charge in [0.2, 0.25) is 0 Å². The van der Waals surface area contributed by atoms with Crippen LogP contribution in [-0.2, 0) is 10.3 Å². The number of nitrogens with zero attached hydrogens (tertiary/aromatic N) is 1. The highest BCUT2D eigenvalue weighted by atomic mass is 32.1. The van der Waals surface area contributed by atoms with E-state index in [0.717, 1.165) is 24.3 Å². The molecule has 1 N–H and O–H groups in total. The number of ether oxygens (including phenoxy) is 1. The molecule has 1 fully saturated rings. The van der Waals surface area contributed by atoms with Gasteiger partial charge in [-0.2, -0.15) is 0 Å². The van der Waals surface area contributed by atoms with Crippen molar-refractivity contribution in [3.8, 4) is 11.5 Å². The molecule has 1 aliphatic rings. The number of thiazole rings is 1. The van der Waals surface area contributed by atoms with Gasteiger partial charge in [0.15, 0.2) is 5.76 Å². The van der Waals surface area contributed by atoms with Gasteiger partial charge in [-0.05, 0) is 19.3 Å². The minimum atomic E-state index is -1.00. The molecule has 0 spiro atoms. The summed E-state index contributed by atoms with van der Waals surface area (Å²) >= 11 is 1.53. The van der Waals surface area contributed by atoms with Gasteiger partial charge in [-0.25, -0.2) is 9.78 Å². The summed E-state index contributed by atoms with van der Waals surface area (Å²) in [5.41, 5.74) is 0.552. The van der Waals surface area contributed by atoms with Gasteiger partial charge in [-0.3, -0.25) is 0 Å². The van der Waals surface area contributed by atoms with Crippen molar-refractivity contribution in [2.45, 2.75) is 24.9 Å². The van der Waals surface area contributed by atoms with Gasteiger partial charge in [0.1, 0.15) is 22.6 Å². The van der Waals surface area contributed by atoms with E-state index in [1.165, 1.54) is 23.7 Å². The van der Waals surface area contributed by atoms with Crippen LogP contribution in [-0.4, -0.2) is 23.2 Å². The molecular weight excluding hydrogens is 266 g/mol. The summed E-state index contributed by atoms with van der Waals surface area (Å²) in [6.07, 6.45) is 4.34. The quantitative estimate of drug-likeness (QED) is 0.930. The third-order valence-electron chi connectivity index (χ3n) is 3.54. The van der Waals surface area contributed by atoms with Crippen molar-refractivity contribution >= 4 is 17.3 Å². The van der Waals surface area contributed by atoms with E-state index in [0.29, 0.717) is 11.5 Å². The summed E-state index contributed by atoms with van der Waals surface area (Å²) in [4.78, 5) is 15.3. The number of hydrogen-bond donors (Lipinski definition) is 1. The SMILES string of the molecule is COC1(c2nc(-c3cc(C(=O)O)co3)cs2)CCC1. The molecule has 2 aromatic rings. The fourth-order valence-electron chi connectivity index (χ4n) is 2.18. The van der Waals surface area contributed by atoms with Gasteiger partial charge in [-0.15, -0.1) is 11.3 Å². The molecule has 0 unspecified atom stereocenters. The number of rotatable bonds is 4. The van der Waals surface area contributed by atoms with E-state index < -0.39 is 5.97 Å². The first-order valence-corrected chi connectivity index (χ1v) is 6.86. The zero-order chi connectivity index (χ0) is 13.5. The van der Waals surface area contributed by atoms with Crippen molar-refractivity contribution in [1.82, 2.24) is 4.98 Å². The smallest absolute Gasteiger partial charge is 0.338 e. The van der Waals surface area contributed by atoms with Crippen LogP contribution in [0.3, 0.4) is 0 Å². The molecule has 0 bridgehead atoms. The molecular formula is C13H13NO4S. The van der Waals surface area contributed by atoms with Crippen molar-refractivity contribution < 1.29 is 19.1 Å². The Morgan fingerprint density at radius 1 is 1.58 bits per heavy atom. The molecule has 1 saturated carbocycles. The van der Waals surface area contributed by atoms with Crippen LogP contribution in [0.25, 0.3) is 11.5 Å². The average molecular weight is 279 g/mol. The van der Waals surface area contributed by atoms with Crippen molar-refractivity contribution in [1.29, 1.82) is 0 Å². The van der Waals surface area contributed by atoms with Crippen LogP contribution in [0.4, 0.5) is 0 Å². The number of hydrogen-bond acceptors (Lipinski definition) is 5. The fourth-order valence-corrected chi connectivity index (χ4v) is 3.23. The minimum absolute atomic E-state index is 0.134. The maximum Gasteiger partial charge on any atom is 0.338 e. The Morgan fingerprint density at radius 3 is 2.89 bits per heavy atom. The zero-order valence-electron chi connectivity index (χ0n) is 10.4. The third-order valence-corrected chi connectivity index (χ3v) is 4.57. The second-order valence-electron chi connectivity index (χ2n) is 4.59. The Hall–Kier alpha value is -1.66. The number of carboxylic acid groups (broad SMARTS) is 1. The summed E-state index contributed by atoms with van der Waals surface area (Å²) in [7, 11) is 1.70. The highest BCUT2D eigenvalue weighted by Gasteiger charge is 2.41. The lowest BCUT2D eigenvalue weighted by molar-refractivity contribution is -0.0778. The molecule has 0 atom stereocenters. The normalized spacial score (nSPS) is 17.1. The monoisotopic (exact) mass is 279 g/mol. The Morgan fingerprint density at radius 2 is 2.37 bits per heavy atom. The lowest BCUT2D eigenvalue weighted by atomic mass is 9.80. The molecule has 6 heteroatoms. The Balaban J connectivity index is 1.90. The Kier molecular flexibility index (Phi) is 2.91. The van der Waals surface area contributed by atoms with E-state index in [1.54, 1.807) is 7.11 Å². The molecule has 0 radical (unpaired) electrons. The summed E-state index contributed by atoms with van der Waals surface area (Å²) in [6, 6.07) is 1.49. The minimum Gasteiger partial charge on any atom is -0.478 e. The van der Waals surface area contributed by atoms with Gasteiger partial charge in [0.05, 0.1) is 5.56 Å². The highest BCUT2D eigenvalue weighted by molar-refractivity contribution is 7.10. The predicted molar refractivity (Wildman–Crippen MR) is 69.3 cm³/mol. The van der Waals surface area contributed by atoms with Crippen LogP contribution >= 0.6 is 11.3 Å². The highest BCUT2D eigenvalue weighted by Crippen LogP contribution is 2.46. The van der Waals surface area contributed by atoms with Gasteiger partial charge < -0.3 is 14.3 Å². The van der Waals surface area contributed by atoms with Gasteiger partial charge in [0, 0.05) is 18.6 Å². The molecule has 1 aliphatic carbocycles. The zero-order valence-corrected chi connectivity index (χ0v) is 11.2. The molecule has 100 valence electrons. The Labute approximate surface area is 113 Å².